The monoisotopic (exact) mass is 742 g/mol. The lowest BCUT2D eigenvalue weighted by atomic mass is 9.73. The van der Waals surface area contributed by atoms with Gasteiger partial charge in [-0.3, -0.25) is 33.8 Å². The lowest BCUT2D eigenvalue weighted by Gasteiger charge is -2.37. The summed E-state index contributed by atoms with van der Waals surface area (Å²) in [5.41, 5.74) is 0.545. The van der Waals surface area contributed by atoms with E-state index in [0.29, 0.717) is 32.2 Å². The Hall–Kier alpha value is -4.08. The van der Waals surface area contributed by atoms with Crippen molar-refractivity contribution in [3.8, 4) is 0 Å². The number of carbonyl (C=O) groups excluding carboxylic acids is 6. The second-order valence-electron chi connectivity index (χ2n) is 16.8. The van der Waals surface area contributed by atoms with E-state index in [4.69, 9.17) is 0 Å². The van der Waals surface area contributed by atoms with Crippen molar-refractivity contribution in [2.45, 2.75) is 137 Å². The van der Waals surface area contributed by atoms with Crippen LogP contribution in [0.5, 0.6) is 0 Å². The van der Waals surface area contributed by atoms with E-state index < -0.39 is 41.0 Å². The molecule has 2 saturated carbocycles. The van der Waals surface area contributed by atoms with Crippen molar-refractivity contribution >= 4 is 34.9 Å². The second kappa shape index (κ2) is 19.5. The summed E-state index contributed by atoms with van der Waals surface area (Å²) in [4.78, 5) is 93.2. The fraction of sp³-hybridized carbons (Fsp3) is 0.636. The van der Waals surface area contributed by atoms with Crippen LogP contribution in [-0.4, -0.2) is 68.4 Å². The molecule has 0 bridgehead atoms. The van der Waals surface area contributed by atoms with Crippen LogP contribution in [0, 0.1) is 35.0 Å². The van der Waals surface area contributed by atoms with Crippen LogP contribution < -0.4 is 5.32 Å². The molecule has 1 aromatic carbocycles. The molecule has 1 N–H and O–H groups in total. The maximum atomic E-state index is 14.9. The highest BCUT2D eigenvalue weighted by Gasteiger charge is 2.47. The van der Waals surface area contributed by atoms with Gasteiger partial charge in [0.05, 0.1) is 18.3 Å². The molecule has 0 unspecified atom stereocenters. The Balaban J connectivity index is 0.00000650. The number of nitrogens with zero attached hydrogens (tertiary/aromatic N) is 3. The summed E-state index contributed by atoms with van der Waals surface area (Å²) < 4.78 is 0. The number of rotatable bonds is 18. The third kappa shape index (κ3) is 11.2. The van der Waals surface area contributed by atoms with Gasteiger partial charge in [0.1, 0.15) is 5.69 Å². The highest BCUT2D eigenvalue weighted by molar-refractivity contribution is 6.38. The molecule has 1 aliphatic heterocycles. The first-order valence-corrected chi connectivity index (χ1v) is 19.9. The van der Waals surface area contributed by atoms with Crippen molar-refractivity contribution < 1.29 is 28.8 Å². The van der Waals surface area contributed by atoms with Crippen molar-refractivity contribution in [3.05, 3.63) is 60.2 Å². The van der Waals surface area contributed by atoms with E-state index in [1.807, 2.05) is 58.0 Å². The quantitative estimate of drug-likeness (QED) is 0.158. The lowest BCUT2D eigenvalue weighted by molar-refractivity contribution is -0.147. The van der Waals surface area contributed by atoms with Crippen molar-refractivity contribution in [3.63, 3.8) is 0 Å². The predicted octanol–water partition coefficient (Wildman–Crippen LogP) is 7.19. The molecule has 2 heterocycles. The van der Waals surface area contributed by atoms with E-state index in [0.717, 1.165) is 50.5 Å². The number of carbonyl (C=O) groups is 6. The molecule has 294 valence electrons. The molecule has 2 aliphatic carbocycles. The Morgan fingerprint density at radius 1 is 0.907 bits per heavy atom. The molecule has 0 radical (unpaired) electrons. The molecule has 1 aromatic heterocycles. The Kier molecular flexibility index (Phi) is 15.4. The van der Waals surface area contributed by atoms with Crippen molar-refractivity contribution in [2.75, 3.05) is 6.54 Å². The zero-order valence-electron chi connectivity index (χ0n) is 32.1. The maximum absolute atomic E-state index is 14.9. The summed E-state index contributed by atoms with van der Waals surface area (Å²) in [7, 11) is 0. The molecule has 3 fully saturated rings. The average Bonchev–Trinajstić information content (AvgIpc) is 3.87. The number of nitrogens with one attached hydrogen (secondary N) is 1. The van der Waals surface area contributed by atoms with Crippen molar-refractivity contribution in [1.29, 1.82) is 0 Å². The molecule has 2 aromatic rings. The molecule has 2 amide bonds. The number of likely N-dealkylation sites (tertiary alicyclic amines) is 1. The summed E-state index contributed by atoms with van der Waals surface area (Å²) >= 11 is 0. The molecule has 10 nitrogen and oxygen atoms in total. The first-order chi connectivity index (χ1) is 25.4. The van der Waals surface area contributed by atoms with Gasteiger partial charge in [0, 0.05) is 50.0 Å². The third-order valence-corrected chi connectivity index (χ3v) is 11.7. The predicted molar refractivity (Wildman–Crippen MR) is 208 cm³/mol. The number of amides is 2. The zero-order valence-corrected chi connectivity index (χ0v) is 32.1. The molecule has 3 aliphatic rings. The van der Waals surface area contributed by atoms with Gasteiger partial charge in [-0.15, -0.1) is 0 Å². The summed E-state index contributed by atoms with van der Waals surface area (Å²) in [6, 6.07) is 8.33. The maximum Gasteiger partial charge on any atom is 0.272 e. The fourth-order valence-corrected chi connectivity index (χ4v) is 8.47. The number of Topliss-reactive ketones (excluding diaryl/α,β-unsaturated/α-hetero) is 4. The van der Waals surface area contributed by atoms with Crippen molar-refractivity contribution in [1.82, 2.24) is 20.2 Å². The summed E-state index contributed by atoms with van der Waals surface area (Å²) in [5, 5.41) is 2.97. The minimum atomic E-state index is -0.779. The molecule has 5 atom stereocenters. The fourth-order valence-electron chi connectivity index (χ4n) is 8.47. The third-order valence-electron chi connectivity index (χ3n) is 11.7. The number of benzene rings is 1. The van der Waals surface area contributed by atoms with Crippen LogP contribution in [0.1, 0.15) is 135 Å². The molecular weight excluding hydrogens is 681 g/mol. The van der Waals surface area contributed by atoms with Gasteiger partial charge < -0.3 is 10.2 Å². The van der Waals surface area contributed by atoms with E-state index in [1.54, 1.807) is 4.90 Å². The molecule has 54 heavy (non-hydrogen) atoms. The molecule has 5 rings (SSSR count). The van der Waals surface area contributed by atoms with Crippen LogP contribution >= 0.6 is 0 Å². The van der Waals surface area contributed by atoms with Gasteiger partial charge in [-0.2, -0.15) is 0 Å². The number of hydrogen-bond donors (Lipinski definition) is 1. The van der Waals surface area contributed by atoms with Gasteiger partial charge in [0.25, 0.3) is 5.91 Å². The van der Waals surface area contributed by atoms with Crippen molar-refractivity contribution in [2.24, 2.45) is 35.0 Å². The Morgan fingerprint density at radius 2 is 1.61 bits per heavy atom. The smallest absolute Gasteiger partial charge is 0.272 e. The van der Waals surface area contributed by atoms with Gasteiger partial charge in [-0.1, -0.05) is 91.1 Å². The lowest BCUT2D eigenvalue weighted by Crippen LogP contribution is -2.52. The number of ketones is 4. The largest absolute Gasteiger partial charge is 0.341 e. The van der Waals surface area contributed by atoms with Crippen LogP contribution in [-0.2, 0) is 30.4 Å². The highest BCUT2D eigenvalue weighted by Crippen LogP contribution is 2.38. The van der Waals surface area contributed by atoms with E-state index in [2.05, 4.69) is 15.3 Å². The summed E-state index contributed by atoms with van der Waals surface area (Å²) in [6.07, 6.45) is 13.2. The Bertz CT molecular complexity index is 1600. The minimum absolute atomic E-state index is 0. The second-order valence-corrected chi connectivity index (χ2v) is 16.8. The molecule has 1 saturated heterocycles. The molecular formula is C44H62N4O6. The van der Waals surface area contributed by atoms with Crippen LogP contribution in [0.4, 0.5) is 0 Å². The normalized spacial score (nSPS) is 20.6. The number of hydrogen-bond acceptors (Lipinski definition) is 8. The van der Waals surface area contributed by atoms with Gasteiger partial charge in [-0.25, -0.2) is 4.98 Å². The first-order valence-electron chi connectivity index (χ1n) is 19.9. The van der Waals surface area contributed by atoms with Gasteiger partial charge in [-0.05, 0) is 73.7 Å². The number of aromatic nitrogens is 2. The zero-order chi connectivity index (χ0) is 38.1. The Labute approximate surface area is 322 Å². The first kappa shape index (κ1) is 42.7. The molecule has 0 spiro atoms. The minimum Gasteiger partial charge on any atom is -0.341 e. The topological polar surface area (TPSA) is 143 Å². The summed E-state index contributed by atoms with van der Waals surface area (Å²) in [6.45, 7) is 8.11. The highest BCUT2D eigenvalue weighted by atomic mass is 16.2. The standard InChI is InChI=1S/C43H58N4O6.CH4/c1-5-12-32(40(51)37(50)24-29-17-18-29)25-36(49)39-31(23-28-13-8-6-9-14-28)19-22-47(39)42(53)33(43(2,3)4)26-35(48)38(30-15-10-7-11-16-30)46-41(52)34-27-44-20-21-45-34;/h6,8-9,13-14,20-21,27,29-33,38-39H,5,7,10-12,15-19,22-26H2,1-4H3,(H,46,52);1H4/t31-,32-,33-,38+,39+;/m1./s1. The SMILES string of the molecule is C.CCC[C@H](CC(=O)[C@@H]1[C@@H](Cc2ccccc2)CCN1C(=O)[C@@H](CC(=O)[C@@H](NC(=O)c1cnccn1)C1CCCCC1)C(C)(C)C)C(=O)C(=O)CC1CC1. The Morgan fingerprint density at radius 3 is 2.22 bits per heavy atom. The average molecular weight is 743 g/mol. The van der Waals surface area contributed by atoms with Crippen LogP contribution in [0.2, 0.25) is 0 Å². The van der Waals surface area contributed by atoms with E-state index in [-0.39, 0.29) is 73.4 Å². The van der Waals surface area contributed by atoms with Crippen LogP contribution in [0.25, 0.3) is 0 Å². The van der Waals surface area contributed by atoms with E-state index in [9.17, 15) is 28.8 Å². The van der Waals surface area contributed by atoms with Crippen LogP contribution in [0.15, 0.2) is 48.9 Å². The van der Waals surface area contributed by atoms with E-state index >= 15 is 0 Å². The van der Waals surface area contributed by atoms with Gasteiger partial charge >= 0.3 is 0 Å². The van der Waals surface area contributed by atoms with E-state index in [1.165, 1.54) is 18.6 Å². The van der Waals surface area contributed by atoms with Crippen LogP contribution in [0.3, 0.4) is 0 Å². The molecule has 10 heteroatoms. The van der Waals surface area contributed by atoms with Gasteiger partial charge in [0.2, 0.25) is 11.7 Å². The van der Waals surface area contributed by atoms with Gasteiger partial charge in [0.15, 0.2) is 17.3 Å². The summed E-state index contributed by atoms with van der Waals surface area (Å²) in [5.74, 6) is -3.39.